The van der Waals surface area contributed by atoms with Crippen molar-refractivity contribution in [1.29, 1.82) is 0 Å². The third-order valence-corrected chi connectivity index (χ3v) is 2.81. The number of carboxylic acid groups (broad SMARTS) is 1. The van der Waals surface area contributed by atoms with Crippen molar-refractivity contribution < 1.29 is 19.4 Å². The molecule has 0 saturated heterocycles. The van der Waals surface area contributed by atoms with Crippen LogP contribution >= 0.6 is 0 Å². The predicted molar refractivity (Wildman–Crippen MR) is 65.0 cm³/mol. The number of carbonyl (C=O) groups is 1. The normalized spacial score (nSPS) is 12.0. The highest BCUT2D eigenvalue weighted by atomic mass is 16.5. The lowest BCUT2D eigenvalue weighted by atomic mass is 9.96. The van der Waals surface area contributed by atoms with Gasteiger partial charge in [-0.3, -0.25) is 4.79 Å². The van der Waals surface area contributed by atoms with E-state index in [9.17, 15) is 4.79 Å². The van der Waals surface area contributed by atoms with E-state index in [0.29, 0.717) is 17.1 Å². The molecule has 1 aromatic rings. The summed E-state index contributed by atoms with van der Waals surface area (Å²) in [5, 5.41) is 9.09. The van der Waals surface area contributed by atoms with Crippen molar-refractivity contribution in [2.45, 2.75) is 26.2 Å². The molecule has 4 heteroatoms. The van der Waals surface area contributed by atoms with Crippen molar-refractivity contribution in [2.24, 2.45) is 0 Å². The smallest absolute Gasteiger partial charge is 0.310 e. The Morgan fingerprint density at radius 2 is 2.00 bits per heavy atom. The summed E-state index contributed by atoms with van der Waals surface area (Å²) in [6, 6.07) is 3.73. The molecule has 0 aliphatic heterocycles. The minimum absolute atomic E-state index is 0.500. The SMILES string of the molecule is CCc1cc(OC)c(OC)c(C(C)C(=O)O)c1. The van der Waals surface area contributed by atoms with Crippen LogP contribution in [0.15, 0.2) is 12.1 Å². The van der Waals surface area contributed by atoms with Gasteiger partial charge in [0.2, 0.25) is 0 Å². The molecule has 0 fully saturated rings. The van der Waals surface area contributed by atoms with Crippen molar-refractivity contribution >= 4 is 5.97 Å². The maximum atomic E-state index is 11.1. The third kappa shape index (κ3) is 2.70. The summed E-state index contributed by atoms with van der Waals surface area (Å²) < 4.78 is 10.5. The molecule has 17 heavy (non-hydrogen) atoms. The molecule has 4 nitrogen and oxygen atoms in total. The Kier molecular flexibility index (Phi) is 4.37. The Labute approximate surface area is 101 Å². The van der Waals surface area contributed by atoms with Crippen LogP contribution in [0.5, 0.6) is 11.5 Å². The first-order valence-electron chi connectivity index (χ1n) is 5.52. The fourth-order valence-electron chi connectivity index (χ4n) is 1.71. The average molecular weight is 238 g/mol. The molecule has 0 aliphatic carbocycles. The van der Waals surface area contributed by atoms with Gasteiger partial charge in [0, 0.05) is 5.56 Å². The maximum Gasteiger partial charge on any atom is 0.310 e. The summed E-state index contributed by atoms with van der Waals surface area (Å²) >= 11 is 0. The van der Waals surface area contributed by atoms with Gasteiger partial charge >= 0.3 is 5.97 Å². The van der Waals surface area contributed by atoms with E-state index in [1.54, 1.807) is 14.0 Å². The van der Waals surface area contributed by atoms with Crippen LogP contribution < -0.4 is 9.47 Å². The van der Waals surface area contributed by atoms with Gasteiger partial charge < -0.3 is 14.6 Å². The van der Waals surface area contributed by atoms with Crippen LogP contribution in [-0.4, -0.2) is 25.3 Å². The third-order valence-electron chi connectivity index (χ3n) is 2.81. The molecule has 0 heterocycles. The second kappa shape index (κ2) is 5.57. The lowest BCUT2D eigenvalue weighted by Crippen LogP contribution is -2.10. The topological polar surface area (TPSA) is 55.8 Å². The summed E-state index contributed by atoms with van der Waals surface area (Å²) in [7, 11) is 3.06. The number of methoxy groups -OCH3 is 2. The van der Waals surface area contributed by atoms with E-state index in [-0.39, 0.29) is 0 Å². The average Bonchev–Trinajstić information content (AvgIpc) is 2.35. The lowest BCUT2D eigenvalue weighted by Gasteiger charge is -2.17. The zero-order chi connectivity index (χ0) is 13.0. The number of hydrogen-bond donors (Lipinski definition) is 1. The fourth-order valence-corrected chi connectivity index (χ4v) is 1.71. The highest BCUT2D eigenvalue weighted by Gasteiger charge is 2.21. The molecule has 0 saturated carbocycles. The lowest BCUT2D eigenvalue weighted by molar-refractivity contribution is -0.138. The summed E-state index contributed by atoms with van der Waals surface area (Å²) in [4.78, 5) is 11.1. The van der Waals surface area contributed by atoms with Gasteiger partial charge in [0.25, 0.3) is 0 Å². The van der Waals surface area contributed by atoms with Gasteiger partial charge in [0.05, 0.1) is 20.1 Å². The molecule has 1 unspecified atom stereocenters. The van der Waals surface area contributed by atoms with Crippen molar-refractivity contribution in [1.82, 2.24) is 0 Å². The highest BCUT2D eigenvalue weighted by molar-refractivity contribution is 5.77. The molecular formula is C13H18O4. The maximum absolute atomic E-state index is 11.1. The Morgan fingerprint density at radius 3 is 2.41 bits per heavy atom. The van der Waals surface area contributed by atoms with Gasteiger partial charge in [-0.15, -0.1) is 0 Å². The van der Waals surface area contributed by atoms with E-state index < -0.39 is 11.9 Å². The van der Waals surface area contributed by atoms with Gasteiger partial charge in [0.15, 0.2) is 11.5 Å². The molecule has 94 valence electrons. The summed E-state index contributed by atoms with van der Waals surface area (Å²) in [6.07, 6.45) is 0.819. The van der Waals surface area contributed by atoms with Crippen LogP contribution in [0.25, 0.3) is 0 Å². The second-order valence-electron chi connectivity index (χ2n) is 3.83. The molecule has 0 amide bonds. The Morgan fingerprint density at radius 1 is 1.35 bits per heavy atom. The molecule has 0 bridgehead atoms. The van der Waals surface area contributed by atoms with Crippen molar-refractivity contribution in [3.8, 4) is 11.5 Å². The molecule has 0 aromatic heterocycles. The number of aliphatic carboxylic acids is 1. The Bertz CT molecular complexity index is 412. The predicted octanol–water partition coefficient (Wildman–Crippen LogP) is 2.45. The standard InChI is InChI=1S/C13H18O4/c1-5-9-6-10(8(2)13(14)15)12(17-4)11(7-9)16-3/h6-8H,5H2,1-4H3,(H,14,15). The minimum Gasteiger partial charge on any atom is -0.493 e. The van der Waals surface area contributed by atoms with E-state index in [1.807, 2.05) is 19.1 Å². The first-order valence-corrected chi connectivity index (χ1v) is 5.52. The molecule has 1 N–H and O–H groups in total. The van der Waals surface area contributed by atoms with Crippen molar-refractivity contribution in [3.05, 3.63) is 23.3 Å². The fraction of sp³-hybridized carbons (Fsp3) is 0.462. The summed E-state index contributed by atoms with van der Waals surface area (Å²) in [5.74, 6) is -0.418. The monoisotopic (exact) mass is 238 g/mol. The van der Waals surface area contributed by atoms with E-state index >= 15 is 0 Å². The summed E-state index contributed by atoms with van der Waals surface area (Å²) in [5.41, 5.74) is 1.68. The minimum atomic E-state index is -0.876. The van der Waals surface area contributed by atoms with Gasteiger partial charge in [0.1, 0.15) is 0 Å². The largest absolute Gasteiger partial charge is 0.493 e. The molecule has 0 aliphatic rings. The number of hydrogen-bond acceptors (Lipinski definition) is 3. The zero-order valence-corrected chi connectivity index (χ0v) is 10.6. The van der Waals surface area contributed by atoms with Crippen molar-refractivity contribution in [2.75, 3.05) is 14.2 Å². The molecule has 1 aromatic carbocycles. The van der Waals surface area contributed by atoms with E-state index in [0.717, 1.165) is 12.0 Å². The van der Waals surface area contributed by atoms with Crippen LogP contribution in [0.4, 0.5) is 0 Å². The molecule has 0 radical (unpaired) electrons. The number of aryl methyl sites for hydroxylation is 1. The van der Waals surface area contributed by atoms with E-state index in [4.69, 9.17) is 14.6 Å². The second-order valence-corrected chi connectivity index (χ2v) is 3.83. The number of rotatable bonds is 5. The van der Waals surface area contributed by atoms with Gasteiger partial charge in [-0.1, -0.05) is 13.0 Å². The molecule has 0 spiro atoms. The van der Waals surface area contributed by atoms with Gasteiger partial charge in [-0.05, 0) is 25.0 Å². The quantitative estimate of drug-likeness (QED) is 0.856. The molecule has 1 atom stereocenters. The first kappa shape index (κ1) is 13.4. The first-order chi connectivity index (χ1) is 8.04. The highest BCUT2D eigenvalue weighted by Crippen LogP contribution is 2.37. The van der Waals surface area contributed by atoms with Crippen LogP contribution in [0.1, 0.15) is 30.9 Å². The van der Waals surface area contributed by atoms with Crippen LogP contribution in [0.2, 0.25) is 0 Å². The summed E-state index contributed by atoms with van der Waals surface area (Å²) in [6.45, 7) is 3.65. The molecular weight excluding hydrogens is 220 g/mol. The van der Waals surface area contributed by atoms with Crippen LogP contribution in [0.3, 0.4) is 0 Å². The molecule has 1 rings (SSSR count). The Balaban J connectivity index is 3.38. The van der Waals surface area contributed by atoms with Crippen molar-refractivity contribution in [3.63, 3.8) is 0 Å². The van der Waals surface area contributed by atoms with Gasteiger partial charge in [-0.25, -0.2) is 0 Å². The Hall–Kier alpha value is -1.71. The van der Waals surface area contributed by atoms with Crippen LogP contribution in [0, 0.1) is 0 Å². The van der Waals surface area contributed by atoms with E-state index in [1.165, 1.54) is 7.11 Å². The zero-order valence-electron chi connectivity index (χ0n) is 10.6. The van der Waals surface area contributed by atoms with Gasteiger partial charge in [-0.2, -0.15) is 0 Å². The van der Waals surface area contributed by atoms with E-state index in [2.05, 4.69) is 0 Å². The number of benzene rings is 1. The number of ether oxygens (including phenoxy) is 2. The number of carboxylic acids is 1. The van der Waals surface area contributed by atoms with Crippen LogP contribution in [-0.2, 0) is 11.2 Å².